The summed E-state index contributed by atoms with van der Waals surface area (Å²) in [5, 5.41) is 0. The summed E-state index contributed by atoms with van der Waals surface area (Å²) in [5.74, 6) is 0. The maximum atomic E-state index is 8.66. The van der Waals surface area contributed by atoms with Crippen LogP contribution in [0, 0.1) is 0 Å². The highest BCUT2D eigenvalue weighted by Crippen LogP contribution is 2.14. The minimum atomic E-state index is -1.11. The smallest absolute Gasteiger partial charge is 0.129 e. The predicted molar refractivity (Wildman–Crippen MR) is 196 cm³/mol. The molecular formula is HB31IN. The van der Waals surface area contributed by atoms with Crippen LogP contribution in [-0.2, 0) is 0 Å². The molecule has 0 heterocycles. The number of hydrogen-bond donors (Lipinski definition) is 1. The van der Waals surface area contributed by atoms with Crippen LogP contribution in [0.5, 0.6) is 0 Å². The highest BCUT2D eigenvalue weighted by atomic mass is 127. The van der Waals surface area contributed by atoms with Crippen LogP contribution < -0.4 is 3.43 Å². The van der Waals surface area contributed by atoms with Crippen LogP contribution in [0.4, 0.5) is 0 Å². The van der Waals surface area contributed by atoms with Crippen molar-refractivity contribution in [1.29, 1.82) is 0 Å². The van der Waals surface area contributed by atoms with Crippen LogP contribution in [0.1, 0.15) is 0 Å². The molecule has 0 atom stereocenters. The highest BCUT2D eigenvalue weighted by molar-refractivity contribution is 14.1. The van der Waals surface area contributed by atoms with Crippen LogP contribution in [0.3, 0.4) is 0 Å². The first-order valence-corrected chi connectivity index (χ1v) is 11.4. The fraction of sp³-hybridized carbons (Fsp3) is 0. The Balaban J connectivity index is 7.48. The molecule has 1 N–H and O–H groups in total. The Kier molecular flexibility index (Phi) is 17.0. The molecule has 0 bridgehead atoms. The van der Waals surface area contributed by atoms with Crippen molar-refractivity contribution in [2.24, 2.45) is 0 Å². The molecule has 0 saturated heterocycles. The number of hydrogen-bond acceptors (Lipinski definition) is 1. The zero-order valence-corrected chi connectivity index (χ0v) is 20.9. The molecule has 0 saturated carbocycles. The summed E-state index contributed by atoms with van der Waals surface area (Å²) in [6.45, 7) is -1.03. The molecule has 0 aromatic heterocycles. The monoisotopic (exact) mass is 485 g/mol. The maximum Gasteiger partial charge on any atom is 0.129 e. The van der Waals surface area contributed by atoms with Gasteiger partial charge in [0.05, 0.1) is 0 Å². The molecule has 0 aromatic carbocycles. The van der Waals surface area contributed by atoms with Gasteiger partial charge in [0.25, 0.3) is 0 Å². The van der Waals surface area contributed by atoms with Crippen molar-refractivity contribution < 1.29 is 1.41 Å². The molecule has 33 heavy (non-hydrogen) atoms. The second-order valence-corrected chi connectivity index (χ2v) is 9.23. The van der Waals surface area contributed by atoms with Crippen LogP contribution >= 0.6 is 22.9 Å². The minimum absolute atomic E-state index is 0.934. The summed E-state index contributed by atoms with van der Waals surface area (Å²) in [7, 11) is 97.3. The fourth-order valence-electron chi connectivity index (χ4n) is 4.89. The van der Waals surface area contributed by atoms with E-state index in [1.807, 2.05) is 0 Å². The number of nitrogens with one attached hydrogen (secondary N) is 1. The number of halogens is 1. The topological polar surface area (TPSA) is 12.0 Å². The lowest BCUT2D eigenvalue weighted by molar-refractivity contribution is 1.79. The lowest BCUT2D eigenvalue weighted by atomic mass is 8.35. The summed E-state index contributed by atoms with van der Waals surface area (Å²) in [6.07, 6.45) is -14.5. The van der Waals surface area contributed by atoms with E-state index in [1.165, 1.54) is 0 Å². The average Bonchev–Trinajstić information content (AvgIpc) is 2.58. The third-order valence-electron chi connectivity index (χ3n) is 6.23. The van der Waals surface area contributed by atoms with Gasteiger partial charge in [0.15, 0.2) is 0 Å². The molecule has 0 aliphatic carbocycles. The van der Waals surface area contributed by atoms with Gasteiger partial charge in [-0.2, -0.15) is 0 Å². The van der Waals surface area contributed by atoms with Crippen LogP contribution in [0.25, 0.3) is 0 Å². The van der Waals surface area contributed by atoms with Gasteiger partial charge in [0.2, 0.25) is 0 Å². The first kappa shape index (κ1) is 33.7. The summed E-state index contributed by atoms with van der Waals surface area (Å²) >= 11 is 1.70. The van der Waals surface area contributed by atoms with Crippen molar-refractivity contribution in [3.05, 3.63) is 0 Å². The molecule has 106 valence electrons. The quantitative estimate of drug-likeness (QED) is 0.140. The molecule has 0 unspecified atom stereocenters. The van der Waals surface area contributed by atoms with Crippen molar-refractivity contribution in [1.82, 2.24) is 3.43 Å². The molecule has 0 fully saturated rings. The predicted octanol–water partition coefficient (Wildman–Crippen LogP) is -11.4. The zero-order valence-electron chi connectivity index (χ0n) is 19.7. The normalized spacial score (nSPS) is 10.2. The van der Waals surface area contributed by atoms with Gasteiger partial charge in [-0.1, -0.05) is 0 Å². The van der Waals surface area contributed by atoms with Gasteiger partial charge in [-0.3, -0.25) is 0 Å². The lowest BCUT2D eigenvalue weighted by Crippen LogP contribution is -2.89. The van der Waals surface area contributed by atoms with E-state index in [1.54, 1.807) is 22.9 Å². The Morgan fingerprint density at radius 3 is 0.606 bits per heavy atom. The average molecular weight is 479 g/mol. The molecular weight excluding hydrogens is 476 g/mol. The molecule has 0 amide bonds. The van der Waals surface area contributed by atoms with E-state index < -0.39 is 96.0 Å². The molecule has 0 spiro atoms. The maximum absolute atomic E-state index is 8.66. The third kappa shape index (κ3) is 10.1. The Morgan fingerprint density at radius 1 is 0.364 bits per heavy atom. The van der Waals surface area contributed by atoms with Crippen LogP contribution in [-0.4, -0.2) is 220 Å². The van der Waals surface area contributed by atoms with Gasteiger partial charge in [-0.15, -0.1) is 0 Å². The summed E-state index contributed by atoms with van der Waals surface area (Å²) in [6, 6.07) is 0. The minimum Gasteiger partial charge on any atom is -0.319 e. The zero-order chi connectivity index (χ0) is 27.2. The Bertz CT molecular complexity index is 422. The van der Waals surface area contributed by atoms with Crippen LogP contribution in [0.15, 0.2) is 0 Å². The van der Waals surface area contributed by atoms with E-state index >= 15 is 0 Å². The van der Waals surface area contributed by atoms with E-state index in [9.17, 15) is 0 Å². The Labute approximate surface area is 245 Å². The van der Waals surface area contributed by atoms with E-state index in [2.05, 4.69) is 0 Å². The SMILES string of the molecule is [3H]N(I)B(B(B(B([B])[B])B([B])[B])B(B([B])[B])B([B])[B])B(B(B([B])[B])B([B])[B])B(B([B])[B])B([B])[B]. The Hall–Kier alpha value is 2.70. The lowest BCUT2D eigenvalue weighted by Gasteiger charge is -2.48. The van der Waals surface area contributed by atoms with Crippen LogP contribution in [0.2, 0.25) is 1.41 Å². The van der Waals surface area contributed by atoms with E-state index in [0.717, 1.165) is 3.43 Å². The van der Waals surface area contributed by atoms with E-state index in [0.29, 0.717) is 0 Å². The molecule has 33 heteroatoms. The van der Waals surface area contributed by atoms with Gasteiger partial charge in [0, 0.05) is 236 Å². The molecule has 0 aromatic rings. The Morgan fingerprint density at radius 2 is 0.515 bits per heavy atom. The van der Waals surface area contributed by atoms with Crippen molar-refractivity contribution in [3.8, 4) is 0 Å². The number of rotatable bonds is 15. The highest BCUT2D eigenvalue weighted by Gasteiger charge is 2.54. The third-order valence-corrected chi connectivity index (χ3v) is 6.88. The van der Waals surface area contributed by atoms with E-state index in [-0.39, 0.29) is 0 Å². The standard InChI is InChI=1S/B31HIN/c1-17(2)25(18(3)4)29(26(19(5)6)20(7)8)31(33-32)30(27(21(9)10)22(11)12)28(23(13)14)24(15)16/h33H/i/hT. The summed E-state index contributed by atoms with van der Waals surface area (Å²) < 4.78 is 9.69. The molecule has 32 radical (unpaired) electrons. The van der Waals surface area contributed by atoms with Gasteiger partial charge in [-0.05, 0) is 0 Å². The first-order chi connectivity index (χ1) is 15.4. The van der Waals surface area contributed by atoms with Crippen molar-refractivity contribution in [3.63, 3.8) is 0 Å². The summed E-state index contributed by atoms with van der Waals surface area (Å²) in [4.78, 5) is 0. The van der Waals surface area contributed by atoms with Gasteiger partial charge in [0.1, 0.15) is 8.04 Å². The van der Waals surface area contributed by atoms with Gasteiger partial charge in [-0.25, -0.2) is 0 Å². The van der Waals surface area contributed by atoms with Crippen molar-refractivity contribution in [2.45, 2.75) is 0 Å². The molecule has 0 aliphatic rings. The largest absolute Gasteiger partial charge is 0.319 e. The van der Waals surface area contributed by atoms with Crippen molar-refractivity contribution in [2.75, 3.05) is 0 Å². The van der Waals surface area contributed by atoms with E-state index in [4.69, 9.17) is 125 Å². The van der Waals surface area contributed by atoms with Gasteiger partial charge >= 0.3 is 0 Å². The summed E-state index contributed by atoms with van der Waals surface area (Å²) in [5.41, 5.74) is 0. The second-order valence-electron chi connectivity index (χ2n) is 8.67. The molecule has 0 aliphatic heterocycles. The fourth-order valence-corrected chi connectivity index (χ4v) is 5.63. The molecule has 1 nitrogen and oxygen atoms in total. The first-order valence-electron chi connectivity index (χ1n) is 10.9. The van der Waals surface area contributed by atoms with Crippen molar-refractivity contribution >= 4 is 243 Å². The van der Waals surface area contributed by atoms with Gasteiger partial charge < -0.3 is 3.43 Å². The second kappa shape index (κ2) is 16.6. The molecule has 0 rings (SSSR count).